The summed E-state index contributed by atoms with van der Waals surface area (Å²) in [6, 6.07) is 12.3. The average molecular weight is 362 g/mol. The Morgan fingerprint density at radius 2 is 1.76 bits per heavy atom. The fraction of sp³-hybridized carbons (Fsp3) is 0.278. The maximum Gasteiger partial charge on any atom is 0.240 e. The zero-order valence-corrected chi connectivity index (χ0v) is 14.6. The number of benzene rings is 2. The Bertz CT molecular complexity index is 864. The van der Waals surface area contributed by atoms with E-state index in [-0.39, 0.29) is 35.5 Å². The summed E-state index contributed by atoms with van der Waals surface area (Å²) in [6.45, 7) is 2.47. The van der Waals surface area contributed by atoms with Crippen LogP contribution in [-0.2, 0) is 14.8 Å². The van der Waals surface area contributed by atoms with E-state index in [1.807, 2.05) is 6.92 Å². The first-order valence-corrected chi connectivity index (χ1v) is 9.46. The van der Waals surface area contributed by atoms with Gasteiger partial charge in [-0.2, -0.15) is 0 Å². The number of aryl methyl sites for hydroxylation is 1. The minimum Gasteiger partial charge on any atom is -0.312 e. The number of hydrogen-bond donors (Lipinski definition) is 1. The summed E-state index contributed by atoms with van der Waals surface area (Å²) in [6.07, 6.45) is 0.258. The van der Waals surface area contributed by atoms with Gasteiger partial charge in [-0.15, -0.1) is 0 Å². The van der Waals surface area contributed by atoms with Gasteiger partial charge in [-0.3, -0.25) is 4.79 Å². The molecular weight excluding hydrogens is 343 g/mol. The third-order valence-electron chi connectivity index (χ3n) is 4.24. The summed E-state index contributed by atoms with van der Waals surface area (Å²) in [5, 5.41) is 0. The molecule has 25 heavy (non-hydrogen) atoms. The van der Waals surface area contributed by atoms with Gasteiger partial charge in [0.1, 0.15) is 5.82 Å². The van der Waals surface area contributed by atoms with Gasteiger partial charge in [0.05, 0.1) is 4.90 Å². The molecule has 3 rings (SSSR count). The number of halogens is 1. The minimum atomic E-state index is -3.60. The molecule has 0 aromatic heterocycles. The number of rotatable bonds is 5. The van der Waals surface area contributed by atoms with Gasteiger partial charge in [-0.25, -0.2) is 17.5 Å². The first-order valence-electron chi connectivity index (χ1n) is 7.97. The van der Waals surface area contributed by atoms with Crippen molar-refractivity contribution in [3.8, 4) is 0 Å². The number of carbonyl (C=O) groups is 1. The summed E-state index contributed by atoms with van der Waals surface area (Å²) in [5.41, 5.74) is 1.60. The lowest BCUT2D eigenvalue weighted by atomic mass is 10.1. The molecule has 0 unspecified atom stereocenters. The molecule has 0 saturated carbocycles. The highest BCUT2D eigenvalue weighted by atomic mass is 32.2. The predicted octanol–water partition coefficient (Wildman–Crippen LogP) is 2.47. The molecule has 132 valence electrons. The van der Waals surface area contributed by atoms with Crippen LogP contribution in [0, 0.1) is 18.7 Å². The fourth-order valence-corrected chi connectivity index (χ4v) is 3.93. The van der Waals surface area contributed by atoms with E-state index in [4.69, 9.17) is 0 Å². The number of amides is 1. The molecule has 1 fully saturated rings. The van der Waals surface area contributed by atoms with Crippen LogP contribution in [0.25, 0.3) is 0 Å². The SMILES string of the molecule is Cc1ccc(S(=O)(=O)NC[C@H]2CC(=O)N(c3ccc(F)cc3)C2)cc1. The summed E-state index contributed by atoms with van der Waals surface area (Å²) in [5.74, 6) is -0.582. The van der Waals surface area contributed by atoms with Crippen LogP contribution >= 0.6 is 0 Å². The molecule has 1 N–H and O–H groups in total. The van der Waals surface area contributed by atoms with E-state index in [1.165, 1.54) is 12.1 Å². The molecule has 0 bridgehead atoms. The van der Waals surface area contributed by atoms with Crippen molar-refractivity contribution in [2.75, 3.05) is 18.0 Å². The van der Waals surface area contributed by atoms with Gasteiger partial charge in [0.25, 0.3) is 0 Å². The lowest BCUT2D eigenvalue weighted by Crippen LogP contribution is -2.31. The number of carbonyl (C=O) groups excluding carboxylic acids is 1. The Labute approximate surface area is 146 Å². The van der Waals surface area contributed by atoms with E-state index in [0.29, 0.717) is 12.2 Å². The van der Waals surface area contributed by atoms with Crippen molar-refractivity contribution in [2.45, 2.75) is 18.2 Å². The van der Waals surface area contributed by atoms with E-state index in [0.717, 1.165) is 5.56 Å². The molecule has 1 saturated heterocycles. The van der Waals surface area contributed by atoms with Gasteiger partial charge < -0.3 is 4.90 Å². The van der Waals surface area contributed by atoms with E-state index in [9.17, 15) is 17.6 Å². The van der Waals surface area contributed by atoms with Gasteiger partial charge in [0.2, 0.25) is 15.9 Å². The molecule has 5 nitrogen and oxygen atoms in total. The number of sulfonamides is 1. The quantitative estimate of drug-likeness (QED) is 0.889. The molecule has 1 aliphatic rings. The second-order valence-corrected chi connectivity index (χ2v) is 7.98. The van der Waals surface area contributed by atoms with Crippen molar-refractivity contribution in [3.05, 3.63) is 59.9 Å². The summed E-state index contributed by atoms with van der Waals surface area (Å²) in [7, 11) is -3.60. The smallest absolute Gasteiger partial charge is 0.240 e. The molecule has 1 heterocycles. The number of anilines is 1. The Kier molecular flexibility index (Phi) is 4.87. The monoisotopic (exact) mass is 362 g/mol. The number of hydrogen-bond acceptors (Lipinski definition) is 3. The molecule has 1 aliphatic heterocycles. The topological polar surface area (TPSA) is 66.5 Å². The molecule has 0 aliphatic carbocycles. The molecule has 0 spiro atoms. The van der Waals surface area contributed by atoms with Crippen molar-refractivity contribution in [1.29, 1.82) is 0 Å². The van der Waals surface area contributed by atoms with Gasteiger partial charge in [-0.05, 0) is 49.2 Å². The minimum absolute atomic E-state index is 0.0915. The Morgan fingerprint density at radius 1 is 1.12 bits per heavy atom. The van der Waals surface area contributed by atoms with Gasteiger partial charge in [0, 0.05) is 25.2 Å². The molecule has 1 amide bonds. The second-order valence-electron chi connectivity index (χ2n) is 6.22. The van der Waals surface area contributed by atoms with Crippen molar-refractivity contribution >= 4 is 21.6 Å². The molecule has 7 heteroatoms. The van der Waals surface area contributed by atoms with Crippen molar-refractivity contribution in [2.24, 2.45) is 5.92 Å². The second kappa shape index (κ2) is 6.93. The zero-order chi connectivity index (χ0) is 18.0. The van der Waals surface area contributed by atoms with Crippen LogP contribution in [0.1, 0.15) is 12.0 Å². The first-order chi connectivity index (χ1) is 11.8. The average Bonchev–Trinajstić information content (AvgIpc) is 2.95. The lowest BCUT2D eigenvalue weighted by molar-refractivity contribution is -0.117. The summed E-state index contributed by atoms with van der Waals surface area (Å²) in [4.78, 5) is 13.9. The van der Waals surface area contributed by atoms with Crippen LogP contribution in [0.2, 0.25) is 0 Å². The van der Waals surface area contributed by atoms with E-state index < -0.39 is 10.0 Å². The van der Waals surface area contributed by atoms with E-state index in [1.54, 1.807) is 41.3 Å². The van der Waals surface area contributed by atoms with Crippen LogP contribution in [0.3, 0.4) is 0 Å². The zero-order valence-electron chi connectivity index (χ0n) is 13.8. The van der Waals surface area contributed by atoms with Crippen molar-refractivity contribution in [3.63, 3.8) is 0 Å². The summed E-state index contributed by atoms with van der Waals surface area (Å²) >= 11 is 0. The number of nitrogens with zero attached hydrogens (tertiary/aromatic N) is 1. The van der Waals surface area contributed by atoms with E-state index in [2.05, 4.69) is 4.72 Å². The first kappa shape index (κ1) is 17.6. The maximum atomic E-state index is 13.0. The Hall–Kier alpha value is -2.25. The Morgan fingerprint density at radius 3 is 2.40 bits per heavy atom. The van der Waals surface area contributed by atoms with Crippen LogP contribution in [0.15, 0.2) is 53.4 Å². The standard InChI is InChI=1S/C18H19FN2O3S/c1-13-2-8-17(9-3-13)25(23,24)20-11-14-10-18(22)21(12-14)16-6-4-15(19)5-7-16/h2-9,14,20H,10-12H2,1H3/t14-/m1/s1. The van der Waals surface area contributed by atoms with Gasteiger partial charge >= 0.3 is 0 Å². The Balaban J connectivity index is 1.63. The fourth-order valence-electron chi connectivity index (χ4n) is 2.82. The molecule has 1 atom stereocenters. The summed E-state index contributed by atoms with van der Waals surface area (Å²) < 4.78 is 40.2. The highest BCUT2D eigenvalue weighted by molar-refractivity contribution is 7.89. The molecule has 2 aromatic rings. The molecule has 0 radical (unpaired) electrons. The van der Waals surface area contributed by atoms with Crippen LogP contribution in [0.5, 0.6) is 0 Å². The normalized spacial score (nSPS) is 17.9. The lowest BCUT2D eigenvalue weighted by Gasteiger charge is -2.17. The largest absolute Gasteiger partial charge is 0.312 e. The van der Waals surface area contributed by atoms with Crippen molar-refractivity contribution in [1.82, 2.24) is 4.72 Å². The van der Waals surface area contributed by atoms with Gasteiger partial charge in [0.15, 0.2) is 0 Å². The third kappa shape index (κ3) is 4.05. The van der Waals surface area contributed by atoms with Gasteiger partial charge in [-0.1, -0.05) is 17.7 Å². The molecule has 2 aromatic carbocycles. The van der Waals surface area contributed by atoms with E-state index >= 15 is 0 Å². The van der Waals surface area contributed by atoms with Crippen molar-refractivity contribution < 1.29 is 17.6 Å². The number of nitrogens with one attached hydrogen (secondary N) is 1. The highest BCUT2D eigenvalue weighted by Crippen LogP contribution is 2.25. The van der Waals surface area contributed by atoms with Crippen LogP contribution in [0.4, 0.5) is 10.1 Å². The maximum absolute atomic E-state index is 13.0. The van der Waals surface area contributed by atoms with Crippen LogP contribution in [-0.4, -0.2) is 27.4 Å². The van der Waals surface area contributed by atoms with Crippen LogP contribution < -0.4 is 9.62 Å². The molecular formula is C18H19FN2O3S. The predicted molar refractivity (Wildman–Crippen MR) is 93.2 cm³/mol. The third-order valence-corrected chi connectivity index (χ3v) is 5.68. The highest BCUT2D eigenvalue weighted by Gasteiger charge is 2.31.